The first-order chi connectivity index (χ1) is 11.5. The number of hydrogen-bond donors (Lipinski definition) is 1. The van der Waals surface area contributed by atoms with Crippen LogP contribution in [-0.4, -0.2) is 30.8 Å². The fourth-order valence-electron chi connectivity index (χ4n) is 2.24. The molecule has 2 aromatic rings. The molecule has 0 aliphatic rings. The van der Waals surface area contributed by atoms with Gasteiger partial charge in [0.1, 0.15) is 5.82 Å². The van der Waals surface area contributed by atoms with Gasteiger partial charge in [-0.25, -0.2) is 12.8 Å². The molecule has 0 radical (unpaired) electrons. The van der Waals surface area contributed by atoms with Gasteiger partial charge in [-0.15, -0.1) is 5.12 Å². The zero-order valence-corrected chi connectivity index (χ0v) is 14.4. The maximum Gasteiger partial charge on any atom is 0.287 e. The number of anilines is 1. The molecular weight excluding hydrogens is 352 g/mol. The van der Waals surface area contributed by atoms with E-state index in [1.807, 2.05) is 0 Å². The molecule has 0 heterocycles. The van der Waals surface area contributed by atoms with Crippen LogP contribution in [0.15, 0.2) is 53.4 Å². The monoisotopic (exact) mass is 369 g/mol. The Hall–Kier alpha value is -2.32. The van der Waals surface area contributed by atoms with Crippen molar-refractivity contribution in [1.29, 1.82) is 0 Å². The highest BCUT2D eigenvalue weighted by Crippen LogP contribution is 2.23. The van der Waals surface area contributed by atoms with Crippen LogP contribution in [0.1, 0.15) is 12.5 Å². The standard InChI is InChI=1S/C17H17F2NO4S/c1-12-4-3-5-14(10-12)20(19)16(21)17(2,22)11-25(23,24)15-8-6-13(18)7-9-15/h3-10,22H,11H2,1-2H3. The number of benzene rings is 2. The van der Waals surface area contributed by atoms with Crippen molar-refractivity contribution in [3.63, 3.8) is 0 Å². The lowest BCUT2D eigenvalue weighted by Crippen LogP contribution is -2.48. The number of rotatable bonds is 5. The van der Waals surface area contributed by atoms with Gasteiger partial charge < -0.3 is 5.11 Å². The van der Waals surface area contributed by atoms with Gasteiger partial charge in [0, 0.05) is 0 Å². The lowest BCUT2D eigenvalue weighted by atomic mass is 10.1. The number of aryl methyl sites for hydroxylation is 1. The second-order valence-corrected chi connectivity index (χ2v) is 7.90. The Morgan fingerprint density at radius 2 is 1.80 bits per heavy atom. The van der Waals surface area contributed by atoms with Gasteiger partial charge in [0.25, 0.3) is 5.91 Å². The summed E-state index contributed by atoms with van der Waals surface area (Å²) in [6.07, 6.45) is 0. The van der Waals surface area contributed by atoms with Crippen LogP contribution in [0.5, 0.6) is 0 Å². The molecule has 8 heteroatoms. The summed E-state index contributed by atoms with van der Waals surface area (Å²) in [6, 6.07) is 9.82. The van der Waals surface area contributed by atoms with E-state index < -0.39 is 32.9 Å². The fourth-order valence-corrected chi connectivity index (χ4v) is 3.82. The third kappa shape index (κ3) is 4.40. The lowest BCUT2D eigenvalue weighted by molar-refractivity contribution is -0.136. The van der Waals surface area contributed by atoms with Crippen molar-refractivity contribution in [2.24, 2.45) is 0 Å². The maximum absolute atomic E-state index is 14.3. The summed E-state index contributed by atoms with van der Waals surface area (Å²) in [6.45, 7) is 2.61. The van der Waals surface area contributed by atoms with Gasteiger partial charge in [-0.3, -0.25) is 4.79 Å². The summed E-state index contributed by atoms with van der Waals surface area (Å²) in [7, 11) is -4.13. The SMILES string of the molecule is Cc1cccc(N(F)C(=O)C(C)(O)CS(=O)(=O)c2ccc(F)cc2)c1. The smallest absolute Gasteiger partial charge is 0.287 e. The average Bonchev–Trinajstić information content (AvgIpc) is 2.53. The molecule has 0 saturated carbocycles. The molecular formula is C17H17F2NO4S. The van der Waals surface area contributed by atoms with Gasteiger partial charge in [-0.1, -0.05) is 16.6 Å². The van der Waals surface area contributed by atoms with Crippen molar-refractivity contribution >= 4 is 21.4 Å². The molecule has 0 aromatic heterocycles. The van der Waals surface area contributed by atoms with Gasteiger partial charge in [-0.05, 0) is 55.8 Å². The summed E-state index contributed by atoms with van der Waals surface area (Å²) in [5, 5.41) is 9.97. The molecule has 0 saturated heterocycles. The molecule has 1 amide bonds. The van der Waals surface area contributed by atoms with Gasteiger partial charge in [0.2, 0.25) is 0 Å². The second-order valence-electron chi connectivity index (χ2n) is 5.91. The average molecular weight is 369 g/mol. The first-order valence-corrected chi connectivity index (χ1v) is 8.96. The Morgan fingerprint density at radius 1 is 1.20 bits per heavy atom. The fraction of sp³-hybridized carbons (Fsp3) is 0.235. The Labute approximate surface area is 144 Å². The van der Waals surface area contributed by atoms with E-state index in [-0.39, 0.29) is 15.7 Å². The van der Waals surface area contributed by atoms with Gasteiger partial charge in [0.15, 0.2) is 15.4 Å². The predicted octanol–water partition coefficient (Wildman–Crippen LogP) is 2.58. The minimum absolute atomic E-state index is 0.121. The summed E-state index contributed by atoms with van der Waals surface area (Å²) in [4.78, 5) is 11.9. The van der Waals surface area contributed by atoms with Crippen LogP contribution in [0.25, 0.3) is 0 Å². The number of aliphatic hydroxyl groups is 1. The van der Waals surface area contributed by atoms with E-state index >= 15 is 0 Å². The van der Waals surface area contributed by atoms with E-state index in [9.17, 15) is 27.2 Å². The third-order valence-electron chi connectivity index (χ3n) is 3.51. The van der Waals surface area contributed by atoms with Crippen molar-refractivity contribution in [1.82, 2.24) is 0 Å². The highest BCUT2D eigenvalue weighted by atomic mass is 32.2. The number of hydrogen-bond acceptors (Lipinski definition) is 4. The Bertz CT molecular complexity index is 880. The molecule has 2 aromatic carbocycles. The molecule has 1 N–H and O–H groups in total. The molecule has 0 bridgehead atoms. The largest absolute Gasteiger partial charge is 0.379 e. The predicted molar refractivity (Wildman–Crippen MR) is 88.8 cm³/mol. The van der Waals surface area contributed by atoms with E-state index in [1.165, 1.54) is 18.2 Å². The summed E-state index contributed by atoms with van der Waals surface area (Å²) in [5.74, 6) is -3.09. The van der Waals surface area contributed by atoms with Gasteiger partial charge in [-0.2, -0.15) is 0 Å². The van der Waals surface area contributed by atoms with E-state index in [0.29, 0.717) is 5.56 Å². The molecule has 1 atom stereocenters. The Balaban J connectivity index is 2.25. The first-order valence-electron chi connectivity index (χ1n) is 7.31. The summed E-state index contributed by atoms with van der Waals surface area (Å²) < 4.78 is 51.8. The van der Waals surface area contributed by atoms with Crippen LogP contribution in [0.3, 0.4) is 0 Å². The van der Waals surface area contributed by atoms with E-state index in [1.54, 1.807) is 13.0 Å². The third-order valence-corrected chi connectivity index (χ3v) is 5.44. The number of sulfone groups is 1. The first kappa shape index (κ1) is 19.0. The molecule has 1 unspecified atom stereocenters. The van der Waals surface area contributed by atoms with Crippen LogP contribution in [0.4, 0.5) is 14.6 Å². The van der Waals surface area contributed by atoms with Crippen molar-refractivity contribution in [3.05, 3.63) is 59.9 Å². The van der Waals surface area contributed by atoms with Crippen LogP contribution < -0.4 is 5.12 Å². The van der Waals surface area contributed by atoms with Gasteiger partial charge in [0.05, 0.1) is 16.3 Å². The molecule has 0 spiro atoms. The zero-order valence-electron chi connectivity index (χ0n) is 13.6. The normalized spacial score (nSPS) is 14.0. The molecule has 2 rings (SSSR count). The quantitative estimate of drug-likeness (QED) is 0.649. The van der Waals surface area contributed by atoms with E-state index in [2.05, 4.69) is 0 Å². The summed E-state index contributed by atoms with van der Waals surface area (Å²) >= 11 is 0. The van der Waals surface area contributed by atoms with Crippen LogP contribution in [0, 0.1) is 12.7 Å². The number of amides is 1. The topological polar surface area (TPSA) is 74.7 Å². The Kier molecular flexibility index (Phi) is 5.24. The Morgan fingerprint density at radius 3 is 2.36 bits per heavy atom. The van der Waals surface area contributed by atoms with Crippen molar-refractivity contribution in [2.45, 2.75) is 24.3 Å². The number of halogens is 2. The molecule has 134 valence electrons. The minimum Gasteiger partial charge on any atom is -0.379 e. The number of carbonyl (C=O) groups excluding carboxylic acids is 1. The summed E-state index contributed by atoms with van der Waals surface area (Å²) in [5.41, 5.74) is -1.94. The molecule has 5 nitrogen and oxygen atoms in total. The van der Waals surface area contributed by atoms with Gasteiger partial charge >= 0.3 is 0 Å². The second kappa shape index (κ2) is 6.89. The van der Waals surface area contributed by atoms with Crippen LogP contribution >= 0.6 is 0 Å². The highest BCUT2D eigenvalue weighted by molar-refractivity contribution is 7.91. The van der Waals surface area contributed by atoms with Crippen molar-refractivity contribution in [3.8, 4) is 0 Å². The van der Waals surface area contributed by atoms with E-state index in [4.69, 9.17) is 0 Å². The molecule has 0 aliphatic heterocycles. The maximum atomic E-state index is 14.3. The number of nitrogens with zero attached hydrogens (tertiary/aromatic N) is 1. The van der Waals surface area contributed by atoms with Crippen molar-refractivity contribution < 1.29 is 27.2 Å². The van der Waals surface area contributed by atoms with Crippen LogP contribution in [-0.2, 0) is 14.6 Å². The lowest BCUT2D eigenvalue weighted by Gasteiger charge is -2.25. The minimum atomic E-state index is -4.13. The molecule has 0 fully saturated rings. The molecule has 25 heavy (non-hydrogen) atoms. The highest BCUT2D eigenvalue weighted by Gasteiger charge is 2.40. The zero-order chi connectivity index (χ0) is 18.8. The van der Waals surface area contributed by atoms with Crippen LogP contribution in [0.2, 0.25) is 0 Å². The molecule has 0 aliphatic carbocycles. The number of carbonyl (C=O) groups is 1. The van der Waals surface area contributed by atoms with Crippen molar-refractivity contribution in [2.75, 3.05) is 10.9 Å². The van der Waals surface area contributed by atoms with E-state index in [0.717, 1.165) is 31.2 Å².